The van der Waals surface area contributed by atoms with Crippen LogP contribution in [0.4, 0.5) is 0 Å². The number of hydrazine groups is 1. The van der Waals surface area contributed by atoms with Gasteiger partial charge in [-0.2, -0.15) is 0 Å². The Kier molecular flexibility index (Phi) is 13.5. The van der Waals surface area contributed by atoms with Gasteiger partial charge in [-0.05, 0) is 62.3 Å². The highest BCUT2D eigenvalue weighted by atomic mass is 16.5. The third kappa shape index (κ3) is 9.29. The molecule has 1 aliphatic heterocycles. The molecule has 1 fully saturated rings. The second kappa shape index (κ2) is 17.3. The fraction of sp³-hybridized carbons (Fsp3) is 0.548. The van der Waals surface area contributed by atoms with Crippen LogP contribution in [0.15, 0.2) is 24.3 Å². The largest absolute Gasteiger partial charge is 0.493 e. The van der Waals surface area contributed by atoms with Gasteiger partial charge in [0, 0.05) is 19.6 Å². The predicted octanol–water partition coefficient (Wildman–Crippen LogP) is 4.14. The number of nitrogens with zero attached hydrogens (tertiary/aromatic N) is 1. The second-order valence-electron chi connectivity index (χ2n) is 9.95. The summed E-state index contributed by atoms with van der Waals surface area (Å²) in [5.41, 5.74) is 4.18. The molecular formula is C31H44N2O10. The summed E-state index contributed by atoms with van der Waals surface area (Å²) in [5.74, 6) is 2.03. The zero-order valence-electron chi connectivity index (χ0n) is 26.0. The van der Waals surface area contributed by atoms with Gasteiger partial charge in [0.1, 0.15) is 0 Å². The standard InChI is InChI=1S/C31H44N2O10/c1-36-24-16-22(17-25(37-2)28(24)40-5)30(34)42-14-8-11-21-10-7-12-33(32-20-21)13-9-15-43-31(35)23-18-26(38-3)29(41-6)27(19-23)39-4/h16-19,21,32H,7-15,20H2,1-6H3. The first kappa shape index (κ1) is 33.6. The van der Waals surface area contributed by atoms with Crippen LogP contribution in [0, 0.1) is 5.92 Å². The molecule has 12 heteroatoms. The Morgan fingerprint density at radius 2 is 1.19 bits per heavy atom. The Morgan fingerprint density at radius 3 is 1.63 bits per heavy atom. The van der Waals surface area contributed by atoms with Crippen LogP contribution in [0.5, 0.6) is 34.5 Å². The Morgan fingerprint density at radius 1 is 0.721 bits per heavy atom. The van der Waals surface area contributed by atoms with Crippen molar-refractivity contribution in [3.63, 3.8) is 0 Å². The van der Waals surface area contributed by atoms with Crippen molar-refractivity contribution < 1.29 is 47.5 Å². The Balaban J connectivity index is 1.36. The summed E-state index contributed by atoms with van der Waals surface area (Å²) in [6.45, 7) is 3.11. The van der Waals surface area contributed by atoms with E-state index < -0.39 is 11.9 Å². The van der Waals surface area contributed by atoms with E-state index in [9.17, 15) is 9.59 Å². The highest BCUT2D eigenvalue weighted by Gasteiger charge is 2.20. The van der Waals surface area contributed by atoms with Gasteiger partial charge in [0.25, 0.3) is 0 Å². The fourth-order valence-corrected chi connectivity index (χ4v) is 4.97. The number of ether oxygens (including phenoxy) is 8. The first-order valence-corrected chi connectivity index (χ1v) is 14.3. The van der Waals surface area contributed by atoms with E-state index >= 15 is 0 Å². The van der Waals surface area contributed by atoms with E-state index in [0.717, 1.165) is 45.3 Å². The van der Waals surface area contributed by atoms with Crippen molar-refractivity contribution in [2.24, 2.45) is 5.92 Å². The van der Waals surface area contributed by atoms with Gasteiger partial charge in [-0.15, -0.1) is 0 Å². The summed E-state index contributed by atoms with van der Waals surface area (Å²) < 4.78 is 42.9. The number of rotatable bonds is 16. The molecule has 0 radical (unpaired) electrons. The topological polar surface area (TPSA) is 123 Å². The van der Waals surface area contributed by atoms with Crippen molar-refractivity contribution in [1.82, 2.24) is 10.4 Å². The van der Waals surface area contributed by atoms with E-state index in [1.165, 1.54) is 42.7 Å². The molecular weight excluding hydrogens is 560 g/mol. The summed E-state index contributed by atoms with van der Waals surface area (Å²) in [5, 5.41) is 2.18. The first-order valence-electron chi connectivity index (χ1n) is 14.3. The van der Waals surface area contributed by atoms with Gasteiger partial charge in [-0.25, -0.2) is 14.6 Å². The monoisotopic (exact) mass is 604 g/mol. The van der Waals surface area contributed by atoms with Gasteiger partial charge in [-0.1, -0.05) is 0 Å². The molecule has 1 unspecified atom stereocenters. The summed E-state index contributed by atoms with van der Waals surface area (Å²) in [4.78, 5) is 25.2. The first-order chi connectivity index (χ1) is 20.9. The van der Waals surface area contributed by atoms with Crippen molar-refractivity contribution in [2.45, 2.75) is 32.1 Å². The summed E-state index contributed by atoms with van der Waals surface area (Å²) in [6, 6.07) is 6.33. The number of methoxy groups -OCH3 is 6. The van der Waals surface area contributed by atoms with E-state index in [-0.39, 0.29) is 6.61 Å². The van der Waals surface area contributed by atoms with Gasteiger partial charge in [0.05, 0.1) is 67.0 Å². The van der Waals surface area contributed by atoms with Crippen molar-refractivity contribution in [3.05, 3.63) is 35.4 Å². The lowest BCUT2D eigenvalue weighted by Gasteiger charge is -2.21. The summed E-state index contributed by atoms with van der Waals surface area (Å²) in [6.07, 6.45) is 4.52. The number of hydrogen-bond acceptors (Lipinski definition) is 12. The molecule has 0 bridgehead atoms. The predicted molar refractivity (Wildman–Crippen MR) is 159 cm³/mol. The maximum atomic E-state index is 12.6. The van der Waals surface area contributed by atoms with Crippen LogP contribution in [0.3, 0.4) is 0 Å². The maximum absolute atomic E-state index is 12.6. The van der Waals surface area contributed by atoms with Crippen molar-refractivity contribution in [3.8, 4) is 34.5 Å². The van der Waals surface area contributed by atoms with Crippen LogP contribution < -0.4 is 33.8 Å². The quantitative estimate of drug-likeness (QED) is 0.219. The Labute approximate surface area is 253 Å². The lowest BCUT2D eigenvalue weighted by atomic mass is 9.98. The normalized spacial score (nSPS) is 15.2. The molecule has 2 aromatic rings. The molecule has 3 rings (SSSR count). The van der Waals surface area contributed by atoms with E-state index in [2.05, 4.69) is 10.4 Å². The Hall–Kier alpha value is -3.90. The van der Waals surface area contributed by atoms with Gasteiger partial charge < -0.3 is 37.9 Å². The third-order valence-corrected chi connectivity index (χ3v) is 7.24. The molecule has 1 N–H and O–H groups in total. The molecule has 1 aliphatic rings. The minimum Gasteiger partial charge on any atom is -0.493 e. The number of esters is 2. The van der Waals surface area contributed by atoms with E-state index in [1.807, 2.05) is 0 Å². The smallest absolute Gasteiger partial charge is 0.338 e. The second-order valence-corrected chi connectivity index (χ2v) is 9.95. The number of nitrogens with one attached hydrogen (secondary N) is 1. The summed E-state index contributed by atoms with van der Waals surface area (Å²) >= 11 is 0. The van der Waals surface area contributed by atoms with E-state index in [4.69, 9.17) is 37.9 Å². The Bertz CT molecular complexity index is 1060. The molecule has 12 nitrogen and oxygen atoms in total. The highest BCUT2D eigenvalue weighted by molar-refractivity contribution is 5.91. The van der Waals surface area contributed by atoms with Gasteiger partial charge in [-0.3, -0.25) is 5.43 Å². The maximum Gasteiger partial charge on any atom is 0.338 e. The molecule has 0 aromatic heterocycles. The molecule has 2 aromatic carbocycles. The van der Waals surface area contributed by atoms with Crippen molar-refractivity contribution in [2.75, 3.05) is 75.5 Å². The van der Waals surface area contributed by atoms with Gasteiger partial charge >= 0.3 is 11.9 Å². The molecule has 0 saturated carbocycles. The molecule has 1 saturated heterocycles. The molecule has 238 valence electrons. The SMILES string of the molecule is COc1cc(C(=O)OCCCC2CCCN(CCCOC(=O)c3cc(OC)c(OC)c(OC)c3)NC2)cc(OC)c1OC. The molecule has 1 heterocycles. The minimum absolute atomic E-state index is 0.286. The zero-order chi connectivity index (χ0) is 31.2. The number of carbonyl (C=O) groups excluding carboxylic acids is 2. The van der Waals surface area contributed by atoms with Crippen LogP contribution in [0.25, 0.3) is 0 Å². The van der Waals surface area contributed by atoms with Crippen LogP contribution in [-0.4, -0.2) is 92.5 Å². The van der Waals surface area contributed by atoms with E-state index in [0.29, 0.717) is 64.6 Å². The molecule has 1 atom stereocenters. The average Bonchev–Trinajstić information content (AvgIpc) is 3.28. The van der Waals surface area contributed by atoms with Crippen LogP contribution in [0.2, 0.25) is 0 Å². The highest BCUT2D eigenvalue weighted by Crippen LogP contribution is 2.39. The van der Waals surface area contributed by atoms with Gasteiger partial charge in [0.2, 0.25) is 11.5 Å². The van der Waals surface area contributed by atoms with Crippen LogP contribution in [0.1, 0.15) is 52.8 Å². The van der Waals surface area contributed by atoms with Crippen LogP contribution >= 0.6 is 0 Å². The fourth-order valence-electron chi connectivity index (χ4n) is 4.97. The van der Waals surface area contributed by atoms with Crippen LogP contribution in [-0.2, 0) is 9.47 Å². The number of carbonyl (C=O) groups is 2. The molecule has 0 amide bonds. The molecule has 43 heavy (non-hydrogen) atoms. The third-order valence-electron chi connectivity index (χ3n) is 7.24. The van der Waals surface area contributed by atoms with Crippen molar-refractivity contribution >= 4 is 11.9 Å². The minimum atomic E-state index is -0.450. The average molecular weight is 605 g/mol. The van der Waals surface area contributed by atoms with Crippen molar-refractivity contribution in [1.29, 1.82) is 0 Å². The number of hydrogen-bond donors (Lipinski definition) is 1. The van der Waals surface area contributed by atoms with Gasteiger partial charge in [0.15, 0.2) is 23.0 Å². The lowest BCUT2D eigenvalue weighted by molar-refractivity contribution is 0.0470. The molecule has 0 aliphatic carbocycles. The summed E-state index contributed by atoms with van der Waals surface area (Å²) in [7, 11) is 9.03. The van der Waals surface area contributed by atoms with E-state index in [1.54, 1.807) is 24.3 Å². The molecule has 0 spiro atoms. The lowest BCUT2D eigenvalue weighted by Crippen LogP contribution is -2.40. The zero-order valence-corrected chi connectivity index (χ0v) is 26.0. The number of benzene rings is 2.